The molecule has 0 atom stereocenters. The Morgan fingerprint density at radius 2 is 1.17 bits per heavy atom. The van der Waals surface area contributed by atoms with Crippen LogP contribution in [0.2, 0.25) is 0 Å². The van der Waals surface area contributed by atoms with Crippen molar-refractivity contribution in [3.63, 3.8) is 0 Å². The molecule has 2 heterocycles. The van der Waals surface area contributed by atoms with Gasteiger partial charge >= 0.3 is 0 Å². The fourth-order valence-electron chi connectivity index (χ4n) is 3.31. The van der Waals surface area contributed by atoms with Crippen LogP contribution in [0.15, 0.2) is 57.4 Å². The van der Waals surface area contributed by atoms with Crippen molar-refractivity contribution < 1.29 is 13.6 Å². The third-order valence-corrected chi connectivity index (χ3v) is 4.43. The van der Waals surface area contributed by atoms with Crippen LogP contribution in [0.3, 0.4) is 0 Å². The average molecular weight is 318 g/mol. The lowest BCUT2D eigenvalue weighted by Crippen LogP contribution is -2.05. The molecule has 0 spiro atoms. The Bertz CT molecular complexity index is 966. The molecule has 0 aliphatic carbocycles. The molecule has 0 saturated carbocycles. The average Bonchev–Trinajstić information content (AvgIpc) is 3.18. The van der Waals surface area contributed by atoms with E-state index in [1.807, 2.05) is 62.4 Å². The maximum absolute atomic E-state index is 13.4. The predicted octanol–water partition coefficient (Wildman–Crippen LogP) is 5.53. The summed E-state index contributed by atoms with van der Waals surface area (Å²) >= 11 is 0. The monoisotopic (exact) mass is 318 g/mol. The van der Waals surface area contributed by atoms with E-state index in [1.54, 1.807) is 0 Å². The summed E-state index contributed by atoms with van der Waals surface area (Å²) in [4.78, 5) is 13.4. The van der Waals surface area contributed by atoms with Crippen LogP contribution >= 0.6 is 0 Å². The molecule has 2 aromatic carbocycles. The van der Waals surface area contributed by atoms with E-state index in [0.717, 1.165) is 33.5 Å². The highest BCUT2D eigenvalue weighted by molar-refractivity contribution is 6.22. The Morgan fingerprint density at radius 3 is 1.58 bits per heavy atom. The van der Waals surface area contributed by atoms with Gasteiger partial charge in [-0.1, -0.05) is 50.2 Å². The van der Waals surface area contributed by atoms with Crippen LogP contribution in [0.25, 0.3) is 21.9 Å². The zero-order valence-corrected chi connectivity index (χ0v) is 13.8. The summed E-state index contributed by atoms with van der Waals surface area (Å²) in [6.45, 7) is 4.01. The standard InChI is InChI=1S/C21H18O3/c1-3-15-19(13-9-5-7-11-17(13)23-15)21(22)20-14-10-6-8-12-18(14)24-16(20)4-2/h5-12H,3-4H2,1-2H3. The highest BCUT2D eigenvalue weighted by Crippen LogP contribution is 2.33. The van der Waals surface area contributed by atoms with Gasteiger partial charge in [0.2, 0.25) is 5.78 Å². The normalized spacial score (nSPS) is 11.4. The minimum absolute atomic E-state index is 0.0152. The number of hydrogen-bond acceptors (Lipinski definition) is 3. The molecular weight excluding hydrogens is 300 g/mol. The van der Waals surface area contributed by atoms with E-state index in [1.165, 1.54) is 0 Å². The van der Waals surface area contributed by atoms with Gasteiger partial charge in [0.1, 0.15) is 22.7 Å². The van der Waals surface area contributed by atoms with Gasteiger partial charge in [0, 0.05) is 23.6 Å². The molecule has 0 unspecified atom stereocenters. The number of para-hydroxylation sites is 2. The molecule has 0 N–H and O–H groups in total. The van der Waals surface area contributed by atoms with Crippen molar-refractivity contribution in [1.29, 1.82) is 0 Å². The maximum atomic E-state index is 13.4. The van der Waals surface area contributed by atoms with Crippen molar-refractivity contribution in [3.8, 4) is 0 Å². The highest BCUT2D eigenvalue weighted by atomic mass is 16.3. The first-order valence-electron chi connectivity index (χ1n) is 8.30. The van der Waals surface area contributed by atoms with Crippen LogP contribution in [0, 0.1) is 0 Å². The molecule has 4 rings (SSSR count). The van der Waals surface area contributed by atoms with Crippen molar-refractivity contribution in [2.75, 3.05) is 0 Å². The number of aryl methyl sites for hydroxylation is 2. The molecule has 3 heteroatoms. The Morgan fingerprint density at radius 1 is 0.750 bits per heavy atom. The maximum Gasteiger partial charge on any atom is 0.201 e. The molecular formula is C21H18O3. The fourth-order valence-corrected chi connectivity index (χ4v) is 3.31. The van der Waals surface area contributed by atoms with E-state index in [0.29, 0.717) is 24.0 Å². The Hall–Kier alpha value is -2.81. The van der Waals surface area contributed by atoms with Crippen molar-refractivity contribution in [2.45, 2.75) is 26.7 Å². The fraction of sp³-hybridized carbons (Fsp3) is 0.190. The number of furan rings is 2. The molecule has 2 aromatic heterocycles. The minimum atomic E-state index is -0.0152. The second-order valence-electron chi connectivity index (χ2n) is 5.83. The van der Waals surface area contributed by atoms with Gasteiger partial charge in [0.05, 0.1) is 11.1 Å². The summed E-state index contributed by atoms with van der Waals surface area (Å²) in [6, 6.07) is 15.4. The molecule has 0 amide bonds. The van der Waals surface area contributed by atoms with Gasteiger partial charge < -0.3 is 8.83 Å². The smallest absolute Gasteiger partial charge is 0.201 e. The Labute approximate surface area is 139 Å². The summed E-state index contributed by atoms with van der Waals surface area (Å²) in [5, 5.41) is 1.73. The van der Waals surface area contributed by atoms with Gasteiger partial charge in [0.25, 0.3) is 0 Å². The second kappa shape index (κ2) is 5.68. The topological polar surface area (TPSA) is 43.4 Å². The van der Waals surface area contributed by atoms with Crippen LogP contribution in [0.1, 0.15) is 41.3 Å². The van der Waals surface area contributed by atoms with Crippen molar-refractivity contribution in [3.05, 3.63) is 71.2 Å². The molecule has 3 nitrogen and oxygen atoms in total. The van der Waals surface area contributed by atoms with Crippen LogP contribution in [-0.4, -0.2) is 5.78 Å². The first kappa shape index (κ1) is 14.8. The lowest BCUT2D eigenvalue weighted by atomic mass is 9.96. The first-order valence-corrected chi connectivity index (χ1v) is 8.30. The van der Waals surface area contributed by atoms with Crippen LogP contribution < -0.4 is 0 Å². The number of hydrogen-bond donors (Lipinski definition) is 0. The molecule has 0 aliphatic rings. The first-order chi connectivity index (χ1) is 11.7. The van der Waals surface area contributed by atoms with Crippen LogP contribution in [-0.2, 0) is 12.8 Å². The van der Waals surface area contributed by atoms with Crippen molar-refractivity contribution in [1.82, 2.24) is 0 Å². The van der Waals surface area contributed by atoms with Gasteiger partial charge in [0.15, 0.2) is 0 Å². The zero-order chi connectivity index (χ0) is 16.7. The largest absolute Gasteiger partial charge is 0.460 e. The predicted molar refractivity (Wildman–Crippen MR) is 94.6 cm³/mol. The highest BCUT2D eigenvalue weighted by Gasteiger charge is 2.26. The second-order valence-corrected chi connectivity index (χ2v) is 5.83. The molecule has 4 aromatic rings. The van der Waals surface area contributed by atoms with E-state index in [4.69, 9.17) is 8.83 Å². The number of ketones is 1. The lowest BCUT2D eigenvalue weighted by molar-refractivity contribution is 0.103. The molecule has 0 aliphatic heterocycles. The van der Waals surface area contributed by atoms with E-state index >= 15 is 0 Å². The zero-order valence-electron chi connectivity index (χ0n) is 13.8. The van der Waals surface area contributed by atoms with E-state index in [-0.39, 0.29) is 5.78 Å². The summed E-state index contributed by atoms with van der Waals surface area (Å²) in [5.74, 6) is 1.45. The summed E-state index contributed by atoms with van der Waals surface area (Å²) in [6.07, 6.45) is 1.35. The Balaban J connectivity index is 2.01. The molecule has 0 saturated heterocycles. The Kier molecular flexibility index (Phi) is 3.49. The molecule has 0 fully saturated rings. The number of carbonyl (C=O) groups is 1. The van der Waals surface area contributed by atoms with E-state index in [9.17, 15) is 4.79 Å². The summed E-state index contributed by atoms with van der Waals surface area (Å²) < 4.78 is 11.8. The van der Waals surface area contributed by atoms with Gasteiger partial charge in [-0.2, -0.15) is 0 Å². The number of carbonyl (C=O) groups excluding carboxylic acids is 1. The third-order valence-electron chi connectivity index (χ3n) is 4.43. The SMILES string of the molecule is CCc1oc2ccccc2c1C(=O)c1c(CC)oc2ccccc12. The number of benzene rings is 2. The van der Waals surface area contributed by atoms with Crippen LogP contribution in [0.4, 0.5) is 0 Å². The molecule has 24 heavy (non-hydrogen) atoms. The minimum Gasteiger partial charge on any atom is -0.460 e. The number of rotatable bonds is 4. The quantitative estimate of drug-likeness (QED) is 0.464. The van der Waals surface area contributed by atoms with E-state index in [2.05, 4.69) is 0 Å². The molecule has 120 valence electrons. The summed E-state index contributed by atoms with van der Waals surface area (Å²) in [7, 11) is 0. The molecule has 0 radical (unpaired) electrons. The van der Waals surface area contributed by atoms with Gasteiger partial charge in [-0.3, -0.25) is 4.79 Å². The number of fused-ring (bicyclic) bond motifs is 2. The van der Waals surface area contributed by atoms with E-state index < -0.39 is 0 Å². The van der Waals surface area contributed by atoms with Crippen molar-refractivity contribution in [2.24, 2.45) is 0 Å². The third kappa shape index (κ3) is 2.08. The van der Waals surface area contributed by atoms with Gasteiger partial charge in [-0.25, -0.2) is 0 Å². The molecule has 0 bridgehead atoms. The van der Waals surface area contributed by atoms with Crippen molar-refractivity contribution >= 4 is 27.7 Å². The van der Waals surface area contributed by atoms with Gasteiger partial charge in [-0.15, -0.1) is 0 Å². The van der Waals surface area contributed by atoms with Gasteiger partial charge in [-0.05, 0) is 12.1 Å². The summed E-state index contributed by atoms with van der Waals surface area (Å²) in [5.41, 5.74) is 2.83. The van der Waals surface area contributed by atoms with Crippen LogP contribution in [0.5, 0.6) is 0 Å². The lowest BCUT2D eigenvalue weighted by Gasteiger charge is -2.02.